The number of rotatable bonds is 4. The maximum atomic E-state index is 12.6. The molecule has 0 fully saturated rings. The number of aromatic amines is 1. The molecule has 146 valence electrons. The molecule has 2 aromatic heterocycles. The van der Waals surface area contributed by atoms with Gasteiger partial charge >= 0.3 is 0 Å². The number of amides is 1. The summed E-state index contributed by atoms with van der Waals surface area (Å²) in [7, 11) is 0. The molecule has 1 amide bonds. The number of hydrogen-bond acceptors (Lipinski definition) is 5. The lowest BCUT2D eigenvalue weighted by molar-refractivity contribution is -0.115. The van der Waals surface area contributed by atoms with Crippen LogP contribution in [0.3, 0.4) is 0 Å². The van der Waals surface area contributed by atoms with Crippen molar-refractivity contribution in [2.75, 3.05) is 5.32 Å². The van der Waals surface area contributed by atoms with Crippen LogP contribution in [-0.4, -0.2) is 21.1 Å². The Morgan fingerprint density at radius 2 is 2.11 bits per heavy atom. The Bertz CT molecular complexity index is 1130. The minimum atomic E-state index is -0.470. The second-order valence-corrected chi connectivity index (χ2v) is 9.89. The number of aryl methyl sites for hydroxylation is 2. The van der Waals surface area contributed by atoms with Gasteiger partial charge in [0.2, 0.25) is 5.91 Å². The van der Waals surface area contributed by atoms with Gasteiger partial charge in [0, 0.05) is 9.90 Å². The molecular weight excluding hydrogens is 437 g/mol. The van der Waals surface area contributed by atoms with E-state index in [2.05, 4.69) is 15.3 Å². The van der Waals surface area contributed by atoms with Crippen molar-refractivity contribution in [3.63, 3.8) is 0 Å². The first-order valence-electron chi connectivity index (χ1n) is 8.89. The number of nitrogens with zero attached hydrogens (tertiary/aromatic N) is 1. The molecule has 1 aromatic carbocycles. The molecule has 1 aliphatic rings. The fourth-order valence-electron chi connectivity index (χ4n) is 3.25. The largest absolute Gasteiger partial charge is 0.324 e. The van der Waals surface area contributed by atoms with Crippen LogP contribution in [0.25, 0.3) is 10.2 Å². The second-order valence-electron chi connectivity index (χ2n) is 6.64. The maximum absolute atomic E-state index is 12.6. The number of carbonyl (C=O) groups is 1. The van der Waals surface area contributed by atoms with Crippen molar-refractivity contribution < 1.29 is 4.79 Å². The predicted octanol–water partition coefficient (Wildman–Crippen LogP) is 5.29. The van der Waals surface area contributed by atoms with Crippen molar-refractivity contribution >= 4 is 68.1 Å². The summed E-state index contributed by atoms with van der Waals surface area (Å²) >= 11 is 14.8. The minimum absolute atomic E-state index is 0.125. The van der Waals surface area contributed by atoms with E-state index in [1.165, 1.54) is 16.6 Å². The van der Waals surface area contributed by atoms with E-state index in [4.69, 9.17) is 23.2 Å². The van der Waals surface area contributed by atoms with Crippen LogP contribution in [-0.2, 0) is 17.6 Å². The van der Waals surface area contributed by atoms with E-state index < -0.39 is 5.25 Å². The zero-order chi connectivity index (χ0) is 19.8. The van der Waals surface area contributed by atoms with Gasteiger partial charge in [0.15, 0.2) is 5.16 Å². The molecule has 0 saturated heterocycles. The Morgan fingerprint density at radius 1 is 1.32 bits per heavy atom. The van der Waals surface area contributed by atoms with Crippen LogP contribution in [0.4, 0.5) is 5.69 Å². The summed E-state index contributed by atoms with van der Waals surface area (Å²) in [5.41, 5.74) is 1.52. The van der Waals surface area contributed by atoms with Crippen LogP contribution >= 0.6 is 46.3 Å². The minimum Gasteiger partial charge on any atom is -0.324 e. The van der Waals surface area contributed by atoms with E-state index in [1.807, 2.05) is 0 Å². The molecule has 0 radical (unpaired) electrons. The van der Waals surface area contributed by atoms with Crippen molar-refractivity contribution in [2.45, 2.75) is 43.0 Å². The summed E-state index contributed by atoms with van der Waals surface area (Å²) in [6.07, 6.45) is 4.22. The summed E-state index contributed by atoms with van der Waals surface area (Å²) < 4.78 is 0. The molecule has 1 aliphatic carbocycles. The average molecular weight is 454 g/mol. The van der Waals surface area contributed by atoms with E-state index in [-0.39, 0.29) is 11.5 Å². The summed E-state index contributed by atoms with van der Waals surface area (Å²) in [6.45, 7) is 1.76. The molecule has 1 unspecified atom stereocenters. The summed E-state index contributed by atoms with van der Waals surface area (Å²) in [5, 5.41) is 4.34. The van der Waals surface area contributed by atoms with Gasteiger partial charge in [0.25, 0.3) is 5.56 Å². The van der Waals surface area contributed by atoms with E-state index in [9.17, 15) is 9.59 Å². The van der Waals surface area contributed by atoms with Crippen molar-refractivity contribution in [3.8, 4) is 0 Å². The summed E-state index contributed by atoms with van der Waals surface area (Å²) in [5.74, 6) is -0.234. The predicted molar refractivity (Wildman–Crippen MR) is 117 cm³/mol. The first-order valence-corrected chi connectivity index (χ1v) is 11.3. The number of anilines is 1. The molecule has 5 nitrogen and oxygen atoms in total. The fourth-order valence-corrected chi connectivity index (χ4v) is 5.82. The zero-order valence-corrected chi connectivity index (χ0v) is 18.1. The number of fused-ring (bicyclic) bond motifs is 3. The third-order valence-corrected chi connectivity index (χ3v) is 7.37. The molecule has 28 heavy (non-hydrogen) atoms. The number of benzene rings is 1. The Labute approximate surface area is 179 Å². The third-order valence-electron chi connectivity index (χ3n) is 4.65. The number of carbonyl (C=O) groups excluding carboxylic acids is 1. The molecular formula is C19H17Cl2N3O2S2. The number of halogens is 2. The maximum Gasteiger partial charge on any atom is 0.260 e. The highest BCUT2D eigenvalue weighted by Crippen LogP contribution is 2.34. The van der Waals surface area contributed by atoms with Gasteiger partial charge in [-0.1, -0.05) is 35.0 Å². The molecule has 2 N–H and O–H groups in total. The number of thiophene rings is 1. The zero-order valence-electron chi connectivity index (χ0n) is 15.0. The van der Waals surface area contributed by atoms with Crippen LogP contribution in [0.2, 0.25) is 10.0 Å². The van der Waals surface area contributed by atoms with Crippen LogP contribution in [0.5, 0.6) is 0 Å². The van der Waals surface area contributed by atoms with Crippen molar-refractivity contribution in [2.24, 2.45) is 0 Å². The molecule has 0 spiro atoms. The lowest BCUT2D eigenvalue weighted by Crippen LogP contribution is -2.23. The van der Waals surface area contributed by atoms with Crippen molar-refractivity contribution in [3.05, 3.63) is 49.0 Å². The van der Waals surface area contributed by atoms with Crippen LogP contribution in [0.1, 0.15) is 30.2 Å². The SMILES string of the molecule is CC(Sc1nc2sc3c(c2c(=O)[nH]1)CCCC3)C(=O)Nc1ccc(Cl)cc1Cl. The topological polar surface area (TPSA) is 74.8 Å². The fraction of sp³-hybridized carbons (Fsp3) is 0.316. The molecule has 0 bridgehead atoms. The van der Waals surface area contributed by atoms with E-state index in [1.54, 1.807) is 36.5 Å². The highest BCUT2D eigenvalue weighted by Gasteiger charge is 2.22. The molecule has 0 aliphatic heterocycles. The van der Waals surface area contributed by atoms with Gasteiger partial charge in [-0.2, -0.15) is 0 Å². The molecule has 9 heteroatoms. The standard InChI is InChI=1S/C19H17Cl2N3O2S2/c1-9(16(25)22-13-7-6-10(20)8-12(13)21)27-19-23-17(26)15-11-4-2-3-5-14(11)28-18(15)24-19/h6-9H,2-5H2,1H3,(H,22,25)(H,23,24,26). The highest BCUT2D eigenvalue weighted by atomic mass is 35.5. The Kier molecular flexibility index (Phi) is 5.69. The number of nitrogens with one attached hydrogen (secondary N) is 2. The number of thioether (sulfide) groups is 1. The Morgan fingerprint density at radius 3 is 2.89 bits per heavy atom. The summed E-state index contributed by atoms with van der Waals surface area (Å²) in [4.78, 5) is 34.6. The monoisotopic (exact) mass is 453 g/mol. The van der Waals surface area contributed by atoms with E-state index in [0.29, 0.717) is 26.3 Å². The van der Waals surface area contributed by atoms with Gasteiger partial charge in [-0.15, -0.1) is 11.3 Å². The molecule has 3 aromatic rings. The first kappa shape index (κ1) is 19.8. The number of hydrogen-bond donors (Lipinski definition) is 2. The number of H-pyrrole nitrogens is 1. The van der Waals surface area contributed by atoms with E-state index in [0.717, 1.165) is 36.1 Å². The van der Waals surface area contributed by atoms with Gasteiger partial charge in [-0.25, -0.2) is 4.98 Å². The molecule has 2 heterocycles. The van der Waals surface area contributed by atoms with Gasteiger partial charge < -0.3 is 10.3 Å². The first-order chi connectivity index (χ1) is 13.4. The lowest BCUT2D eigenvalue weighted by atomic mass is 9.97. The Hall–Kier alpha value is -1.54. The van der Waals surface area contributed by atoms with Crippen LogP contribution in [0, 0.1) is 0 Å². The molecule has 1 atom stereocenters. The van der Waals surface area contributed by atoms with Crippen molar-refractivity contribution in [1.82, 2.24) is 9.97 Å². The van der Waals surface area contributed by atoms with Gasteiger partial charge in [-0.05, 0) is 56.4 Å². The van der Waals surface area contributed by atoms with Gasteiger partial charge in [0.05, 0.1) is 21.3 Å². The quantitative estimate of drug-likeness (QED) is 0.415. The summed E-state index contributed by atoms with van der Waals surface area (Å²) in [6, 6.07) is 4.89. The van der Waals surface area contributed by atoms with Crippen LogP contribution < -0.4 is 10.9 Å². The lowest BCUT2D eigenvalue weighted by Gasteiger charge is -2.12. The highest BCUT2D eigenvalue weighted by molar-refractivity contribution is 8.00. The second kappa shape index (κ2) is 8.06. The number of aromatic nitrogens is 2. The molecule has 0 saturated carbocycles. The van der Waals surface area contributed by atoms with Gasteiger partial charge in [-0.3, -0.25) is 9.59 Å². The smallest absolute Gasteiger partial charge is 0.260 e. The molecule has 4 rings (SSSR count). The van der Waals surface area contributed by atoms with Gasteiger partial charge in [0.1, 0.15) is 4.83 Å². The van der Waals surface area contributed by atoms with Crippen LogP contribution in [0.15, 0.2) is 28.2 Å². The Balaban J connectivity index is 1.54. The van der Waals surface area contributed by atoms with Crippen molar-refractivity contribution in [1.29, 1.82) is 0 Å². The normalized spacial score (nSPS) is 14.7. The third kappa shape index (κ3) is 3.94. The van der Waals surface area contributed by atoms with E-state index >= 15 is 0 Å². The average Bonchev–Trinajstić information content (AvgIpc) is 3.02.